The fourth-order valence-corrected chi connectivity index (χ4v) is 1.67. The van der Waals surface area contributed by atoms with Gasteiger partial charge in [-0.3, -0.25) is 0 Å². The highest BCUT2D eigenvalue weighted by Gasteiger charge is 2.17. The molecule has 0 fully saturated rings. The lowest BCUT2D eigenvalue weighted by Gasteiger charge is -2.25. The van der Waals surface area contributed by atoms with E-state index in [1.54, 1.807) is 12.3 Å². The van der Waals surface area contributed by atoms with Gasteiger partial charge < -0.3 is 10.0 Å². The molecule has 1 rings (SSSR count). The normalized spacial score (nSPS) is 16.4. The van der Waals surface area contributed by atoms with Crippen LogP contribution in [0.1, 0.15) is 13.3 Å². The van der Waals surface area contributed by atoms with Crippen molar-refractivity contribution in [1.29, 1.82) is 0 Å². The number of carboxylic acids is 1. The summed E-state index contributed by atoms with van der Waals surface area (Å²) >= 11 is 3.29. The monoisotopic (exact) mass is 257 g/mol. The van der Waals surface area contributed by atoms with Crippen LogP contribution < -0.4 is 0 Å². The van der Waals surface area contributed by atoms with Crippen LogP contribution >= 0.6 is 15.9 Å². The van der Waals surface area contributed by atoms with Crippen molar-refractivity contribution in [2.24, 2.45) is 0 Å². The number of halogens is 1. The zero-order valence-electron chi connectivity index (χ0n) is 7.96. The standard InChI is InChI=1S/C10H12BrNO2/c1-3-4-12-6-8(10(13)14)5-9(11)7(12)2/h5-6H,2-4H2,1H3,(H,13,14). The Hall–Kier alpha value is -1.03. The van der Waals surface area contributed by atoms with Gasteiger partial charge in [-0.2, -0.15) is 0 Å². The molecule has 1 N–H and O–H groups in total. The van der Waals surface area contributed by atoms with Gasteiger partial charge in [0.25, 0.3) is 0 Å². The molecule has 76 valence electrons. The van der Waals surface area contributed by atoms with E-state index in [2.05, 4.69) is 22.5 Å². The van der Waals surface area contributed by atoms with E-state index >= 15 is 0 Å². The van der Waals surface area contributed by atoms with Crippen molar-refractivity contribution in [3.63, 3.8) is 0 Å². The molecule has 0 saturated carbocycles. The van der Waals surface area contributed by atoms with E-state index in [0.717, 1.165) is 23.1 Å². The summed E-state index contributed by atoms with van der Waals surface area (Å²) in [7, 11) is 0. The second-order valence-corrected chi connectivity index (χ2v) is 3.88. The SMILES string of the molecule is C=C1C(Br)=CC(C(=O)O)=CN1CCC. The molecule has 0 radical (unpaired) electrons. The largest absolute Gasteiger partial charge is 0.478 e. The molecule has 14 heavy (non-hydrogen) atoms. The third kappa shape index (κ3) is 2.26. The molecular formula is C10H12BrNO2. The predicted molar refractivity (Wildman–Crippen MR) is 58.9 cm³/mol. The number of nitrogens with zero attached hydrogens (tertiary/aromatic N) is 1. The number of hydrogen-bond donors (Lipinski definition) is 1. The first kappa shape index (κ1) is 11.0. The van der Waals surface area contributed by atoms with Crippen LogP contribution in [-0.2, 0) is 4.79 Å². The number of rotatable bonds is 3. The van der Waals surface area contributed by atoms with Crippen molar-refractivity contribution >= 4 is 21.9 Å². The molecule has 1 aliphatic heterocycles. The Bertz CT molecular complexity index is 331. The Labute approximate surface area is 91.5 Å². The van der Waals surface area contributed by atoms with E-state index < -0.39 is 5.97 Å². The fourth-order valence-electron chi connectivity index (χ4n) is 1.20. The highest BCUT2D eigenvalue weighted by Crippen LogP contribution is 2.27. The van der Waals surface area contributed by atoms with Gasteiger partial charge in [-0.25, -0.2) is 4.79 Å². The Morgan fingerprint density at radius 3 is 2.86 bits per heavy atom. The third-order valence-electron chi connectivity index (χ3n) is 1.91. The Kier molecular flexibility index (Phi) is 3.52. The summed E-state index contributed by atoms with van der Waals surface area (Å²) in [5.41, 5.74) is 1.08. The van der Waals surface area contributed by atoms with Gasteiger partial charge in [0.2, 0.25) is 0 Å². The molecule has 4 heteroatoms. The molecule has 1 aliphatic rings. The summed E-state index contributed by atoms with van der Waals surface area (Å²) in [6.45, 7) is 6.67. The number of carbonyl (C=O) groups is 1. The molecule has 0 aromatic heterocycles. The minimum Gasteiger partial charge on any atom is -0.478 e. The average Bonchev–Trinajstić information content (AvgIpc) is 2.12. The van der Waals surface area contributed by atoms with E-state index in [0.29, 0.717) is 0 Å². The summed E-state index contributed by atoms with van der Waals surface area (Å²) < 4.78 is 0.728. The summed E-state index contributed by atoms with van der Waals surface area (Å²) in [5, 5.41) is 8.84. The minimum absolute atomic E-state index is 0.276. The van der Waals surface area contributed by atoms with Gasteiger partial charge in [-0.15, -0.1) is 0 Å². The first-order valence-electron chi connectivity index (χ1n) is 4.34. The maximum atomic E-state index is 10.8. The topological polar surface area (TPSA) is 40.5 Å². The average molecular weight is 258 g/mol. The van der Waals surface area contributed by atoms with Crippen molar-refractivity contribution in [1.82, 2.24) is 4.90 Å². The minimum atomic E-state index is -0.921. The predicted octanol–water partition coefficient (Wildman–Crippen LogP) is 2.47. The number of allylic oxidation sites excluding steroid dienone is 1. The lowest BCUT2D eigenvalue weighted by atomic mass is 10.1. The molecule has 0 aromatic rings. The Balaban J connectivity index is 2.95. The summed E-state index contributed by atoms with van der Waals surface area (Å²) in [5.74, 6) is -0.921. The van der Waals surface area contributed by atoms with Crippen LogP contribution in [0.3, 0.4) is 0 Å². The molecule has 0 aliphatic carbocycles. The van der Waals surface area contributed by atoms with Crippen molar-refractivity contribution in [2.45, 2.75) is 13.3 Å². The number of carboxylic acid groups (broad SMARTS) is 1. The molecule has 0 bridgehead atoms. The molecule has 0 unspecified atom stereocenters. The zero-order chi connectivity index (χ0) is 10.7. The van der Waals surface area contributed by atoms with Gasteiger partial charge >= 0.3 is 5.97 Å². The molecule has 0 spiro atoms. The van der Waals surface area contributed by atoms with Crippen molar-refractivity contribution in [3.8, 4) is 0 Å². The zero-order valence-corrected chi connectivity index (χ0v) is 9.54. The molecular weight excluding hydrogens is 246 g/mol. The van der Waals surface area contributed by atoms with Crippen LogP contribution in [0.2, 0.25) is 0 Å². The molecule has 3 nitrogen and oxygen atoms in total. The Morgan fingerprint density at radius 2 is 2.36 bits per heavy atom. The van der Waals surface area contributed by atoms with Crippen LogP contribution in [-0.4, -0.2) is 22.5 Å². The first-order valence-corrected chi connectivity index (χ1v) is 5.13. The van der Waals surface area contributed by atoms with Gasteiger partial charge in [0.1, 0.15) is 0 Å². The third-order valence-corrected chi connectivity index (χ3v) is 2.60. The van der Waals surface area contributed by atoms with Gasteiger partial charge in [0, 0.05) is 22.9 Å². The molecule has 0 atom stereocenters. The van der Waals surface area contributed by atoms with Crippen molar-refractivity contribution in [3.05, 3.63) is 34.6 Å². The highest BCUT2D eigenvalue weighted by atomic mass is 79.9. The van der Waals surface area contributed by atoms with Gasteiger partial charge in [0.15, 0.2) is 0 Å². The lowest BCUT2D eigenvalue weighted by Crippen LogP contribution is -2.22. The molecule has 1 heterocycles. The van der Waals surface area contributed by atoms with Gasteiger partial charge in [-0.1, -0.05) is 13.5 Å². The first-order chi connectivity index (χ1) is 6.56. The van der Waals surface area contributed by atoms with E-state index in [-0.39, 0.29) is 5.57 Å². The smallest absolute Gasteiger partial charge is 0.337 e. The molecule has 0 aromatic carbocycles. The fraction of sp³-hybridized carbons (Fsp3) is 0.300. The van der Waals surface area contributed by atoms with Crippen LogP contribution in [0.15, 0.2) is 34.6 Å². The molecule has 0 amide bonds. The van der Waals surface area contributed by atoms with E-state index in [1.807, 2.05) is 11.8 Å². The maximum absolute atomic E-state index is 10.8. The van der Waals surface area contributed by atoms with E-state index in [4.69, 9.17) is 5.11 Å². The second-order valence-electron chi connectivity index (χ2n) is 3.02. The van der Waals surface area contributed by atoms with E-state index in [1.165, 1.54) is 0 Å². The Morgan fingerprint density at radius 1 is 1.71 bits per heavy atom. The summed E-state index contributed by atoms with van der Waals surface area (Å²) in [6, 6.07) is 0. The number of hydrogen-bond acceptors (Lipinski definition) is 2. The van der Waals surface area contributed by atoms with E-state index in [9.17, 15) is 4.79 Å². The quantitative estimate of drug-likeness (QED) is 0.845. The lowest BCUT2D eigenvalue weighted by molar-refractivity contribution is -0.132. The van der Waals surface area contributed by atoms with Crippen LogP contribution in [0.25, 0.3) is 0 Å². The van der Waals surface area contributed by atoms with Crippen LogP contribution in [0.4, 0.5) is 0 Å². The summed E-state index contributed by atoms with van der Waals surface area (Å²) in [4.78, 5) is 12.6. The van der Waals surface area contributed by atoms with Gasteiger partial charge in [0.05, 0.1) is 5.57 Å². The maximum Gasteiger partial charge on any atom is 0.337 e. The second kappa shape index (κ2) is 4.46. The highest BCUT2D eigenvalue weighted by molar-refractivity contribution is 9.12. The van der Waals surface area contributed by atoms with Crippen molar-refractivity contribution < 1.29 is 9.90 Å². The molecule has 0 saturated heterocycles. The number of aliphatic carboxylic acids is 1. The van der Waals surface area contributed by atoms with Crippen LogP contribution in [0, 0.1) is 0 Å². The van der Waals surface area contributed by atoms with Crippen molar-refractivity contribution in [2.75, 3.05) is 6.54 Å². The summed E-state index contributed by atoms with van der Waals surface area (Å²) in [6.07, 6.45) is 4.12. The van der Waals surface area contributed by atoms with Gasteiger partial charge in [-0.05, 0) is 28.4 Å². The van der Waals surface area contributed by atoms with Crippen LogP contribution in [0.5, 0.6) is 0 Å².